The van der Waals surface area contributed by atoms with Crippen molar-refractivity contribution < 1.29 is 17.2 Å². The number of hydrogen-bond acceptors (Lipinski definition) is 3. The molecule has 0 rings (SSSR count). The Balaban J connectivity index is 3.12. The Labute approximate surface area is 156 Å². The lowest BCUT2D eigenvalue weighted by Crippen LogP contribution is -1.97. The first-order valence-corrected chi connectivity index (χ1v) is 11.6. The molecular formula is C20H38O4S. The van der Waals surface area contributed by atoms with Gasteiger partial charge >= 0.3 is 10.4 Å². The van der Waals surface area contributed by atoms with Crippen LogP contribution in [0.2, 0.25) is 0 Å². The average Bonchev–Trinajstić information content (AvgIpc) is 2.56. The molecule has 0 aromatic carbocycles. The van der Waals surface area contributed by atoms with Gasteiger partial charge in [-0.25, -0.2) is 0 Å². The normalized spacial score (nSPS) is 11.1. The third-order valence-corrected chi connectivity index (χ3v) is 4.67. The first kappa shape index (κ1) is 24.3. The van der Waals surface area contributed by atoms with Gasteiger partial charge in [0.1, 0.15) is 6.11 Å². The van der Waals surface area contributed by atoms with E-state index in [0.717, 1.165) is 12.8 Å². The molecule has 0 saturated heterocycles. The smallest absolute Gasteiger partial charge is 0.307 e. The van der Waals surface area contributed by atoms with Crippen LogP contribution in [0.5, 0.6) is 0 Å². The van der Waals surface area contributed by atoms with Gasteiger partial charge in [0.25, 0.3) is 0 Å². The van der Waals surface area contributed by atoms with Gasteiger partial charge in [-0.2, -0.15) is 8.42 Å². The second-order valence-corrected chi connectivity index (χ2v) is 7.87. The molecule has 0 aromatic heterocycles. The van der Waals surface area contributed by atoms with E-state index in [0.29, 0.717) is 6.42 Å². The number of unbranched alkanes of at least 4 members (excludes halogenated alkanes) is 16. The van der Waals surface area contributed by atoms with E-state index in [1.54, 1.807) is 0 Å². The third kappa shape index (κ3) is 23.3. The Hall–Kier alpha value is -0.730. The summed E-state index contributed by atoms with van der Waals surface area (Å²) in [4.78, 5) is 0. The van der Waals surface area contributed by atoms with Crippen LogP contribution in [0.15, 0.2) is 0 Å². The van der Waals surface area contributed by atoms with Crippen molar-refractivity contribution in [2.75, 3.05) is 0 Å². The zero-order valence-electron chi connectivity index (χ0n) is 16.1. The molecule has 0 aliphatic heterocycles. The van der Waals surface area contributed by atoms with Crippen LogP contribution in [0.4, 0.5) is 0 Å². The van der Waals surface area contributed by atoms with Crippen molar-refractivity contribution in [2.45, 2.75) is 116 Å². The first-order chi connectivity index (χ1) is 12.1. The second-order valence-electron chi connectivity index (χ2n) is 6.84. The van der Waals surface area contributed by atoms with Crippen LogP contribution in [-0.2, 0) is 14.6 Å². The summed E-state index contributed by atoms with van der Waals surface area (Å²) in [5, 5.41) is 0. The molecule has 148 valence electrons. The average molecular weight is 375 g/mol. The largest absolute Gasteiger partial charge is 0.454 e. The fourth-order valence-electron chi connectivity index (χ4n) is 2.89. The topological polar surface area (TPSA) is 63.6 Å². The summed E-state index contributed by atoms with van der Waals surface area (Å²) >= 11 is 0. The lowest BCUT2D eigenvalue weighted by atomic mass is 10.0. The van der Waals surface area contributed by atoms with Gasteiger partial charge in [0, 0.05) is 6.42 Å². The van der Waals surface area contributed by atoms with Gasteiger partial charge < -0.3 is 4.18 Å². The summed E-state index contributed by atoms with van der Waals surface area (Å²) in [6, 6.07) is 0. The van der Waals surface area contributed by atoms with Crippen LogP contribution in [0, 0.1) is 12.0 Å². The molecular weight excluding hydrogens is 336 g/mol. The Bertz CT molecular complexity index is 434. The van der Waals surface area contributed by atoms with Crippen molar-refractivity contribution in [1.29, 1.82) is 0 Å². The Morgan fingerprint density at radius 2 is 1.04 bits per heavy atom. The summed E-state index contributed by atoms with van der Waals surface area (Å²) < 4.78 is 32.7. The van der Waals surface area contributed by atoms with Gasteiger partial charge in [0.2, 0.25) is 0 Å². The zero-order chi connectivity index (χ0) is 18.6. The summed E-state index contributed by atoms with van der Waals surface area (Å²) in [6.07, 6.45) is 23.8. The number of hydrogen-bond donors (Lipinski definition) is 1. The predicted molar refractivity (Wildman–Crippen MR) is 105 cm³/mol. The van der Waals surface area contributed by atoms with Gasteiger partial charge in [-0.05, 0) is 6.42 Å². The second kappa shape index (κ2) is 18.1. The van der Waals surface area contributed by atoms with E-state index in [4.69, 9.17) is 4.55 Å². The molecule has 0 spiro atoms. The van der Waals surface area contributed by atoms with Crippen molar-refractivity contribution in [3.63, 3.8) is 0 Å². The lowest BCUT2D eigenvalue weighted by molar-refractivity contribution is 0.370. The highest BCUT2D eigenvalue weighted by molar-refractivity contribution is 7.81. The molecule has 0 radical (unpaired) electrons. The lowest BCUT2D eigenvalue weighted by Gasteiger charge is -2.03. The molecule has 0 atom stereocenters. The molecule has 5 heteroatoms. The van der Waals surface area contributed by atoms with E-state index in [1.807, 2.05) is 6.11 Å². The van der Waals surface area contributed by atoms with Crippen LogP contribution in [0.25, 0.3) is 0 Å². The van der Waals surface area contributed by atoms with E-state index in [9.17, 15) is 8.42 Å². The quantitative estimate of drug-likeness (QED) is 0.181. The minimum Gasteiger partial charge on any atom is -0.307 e. The molecule has 0 saturated carbocycles. The van der Waals surface area contributed by atoms with E-state index in [1.165, 1.54) is 89.9 Å². The molecule has 0 unspecified atom stereocenters. The molecule has 0 aliphatic carbocycles. The van der Waals surface area contributed by atoms with Gasteiger partial charge in [-0.3, -0.25) is 4.55 Å². The molecule has 0 amide bonds. The van der Waals surface area contributed by atoms with Crippen molar-refractivity contribution in [1.82, 2.24) is 0 Å². The number of rotatable bonds is 17. The van der Waals surface area contributed by atoms with Crippen LogP contribution in [0.1, 0.15) is 116 Å². The van der Waals surface area contributed by atoms with Crippen molar-refractivity contribution >= 4 is 10.4 Å². The Morgan fingerprint density at radius 3 is 1.40 bits per heavy atom. The van der Waals surface area contributed by atoms with Gasteiger partial charge in [0.15, 0.2) is 0 Å². The fourth-order valence-corrected chi connectivity index (χ4v) is 3.06. The van der Waals surface area contributed by atoms with E-state index >= 15 is 0 Å². The third-order valence-electron chi connectivity index (χ3n) is 4.37. The minimum absolute atomic E-state index is 0.605. The monoisotopic (exact) mass is 374 g/mol. The highest BCUT2D eigenvalue weighted by atomic mass is 32.3. The molecule has 0 aromatic rings. The van der Waals surface area contributed by atoms with Crippen molar-refractivity contribution in [3.05, 3.63) is 0 Å². The molecule has 0 heterocycles. The van der Waals surface area contributed by atoms with E-state index < -0.39 is 10.4 Å². The molecule has 1 N–H and O–H groups in total. The van der Waals surface area contributed by atoms with Gasteiger partial charge in [0.05, 0.1) is 0 Å². The maximum Gasteiger partial charge on any atom is 0.454 e. The highest BCUT2D eigenvalue weighted by Crippen LogP contribution is 2.13. The zero-order valence-corrected chi connectivity index (χ0v) is 16.9. The summed E-state index contributed by atoms with van der Waals surface area (Å²) in [5.41, 5.74) is 0. The molecule has 0 bridgehead atoms. The van der Waals surface area contributed by atoms with Crippen molar-refractivity contribution in [3.8, 4) is 12.0 Å². The van der Waals surface area contributed by atoms with Crippen molar-refractivity contribution in [2.24, 2.45) is 0 Å². The van der Waals surface area contributed by atoms with Crippen LogP contribution in [0.3, 0.4) is 0 Å². The molecule has 0 fully saturated rings. The van der Waals surface area contributed by atoms with Gasteiger partial charge in [-0.15, -0.1) is 0 Å². The molecule has 4 nitrogen and oxygen atoms in total. The summed E-state index contributed by atoms with van der Waals surface area (Å²) in [5.74, 6) is 2.58. The molecule has 0 aliphatic rings. The maximum absolute atomic E-state index is 10.2. The Morgan fingerprint density at radius 1 is 0.680 bits per heavy atom. The fraction of sp³-hybridized carbons (Fsp3) is 0.900. The molecule has 25 heavy (non-hydrogen) atoms. The van der Waals surface area contributed by atoms with E-state index in [-0.39, 0.29) is 0 Å². The predicted octanol–water partition coefficient (Wildman–Crippen LogP) is 6.42. The van der Waals surface area contributed by atoms with Crippen LogP contribution >= 0.6 is 0 Å². The SMILES string of the molecule is CCCCCCCCCCCCCCCCCCC#COS(=O)(=O)O. The highest BCUT2D eigenvalue weighted by Gasteiger charge is 1.99. The van der Waals surface area contributed by atoms with Gasteiger partial charge in [-0.1, -0.05) is 109 Å². The summed E-state index contributed by atoms with van der Waals surface area (Å²) in [6.45, 7) is 2.27. The van der Waals surface area contributed by atoms with Crippen LogP contribution < -0.4 is 0 Å². The van der Waals surface area contributed by atoms with Crippen LogP contribution in [-0.4, -0.2) is 13.0 Å². The van der Waals surface area contributed by atoms with E-state index in [2.05, 4.69) is 17.0 Å². The summed E-state index contributed by atoms with van der Waals surface area (Å²) in [7, 11) is -4.42. The minimum atomic E-state index is -4.42. The first-order valence-electron chi connectivity index (χ1n) is 10.2. The standard InChI is InChI=1S/C20H38O4S/c1-2-3-4-5-6-7-8-9-10-11-12-13-14-15-16-17-18-19-20-24-25(21,22)23/h2-18H2,1H3,(H,21,22,23). The maximum atomic E-state index is 10.2. The Kier molecular flexibility index (Phi) is 17.5.